The number of hydrogen-bond acceptors (Lipinski definition) is 3. The fraction of sp³-hybridized carbons (Fsp3) is 0.533. The third-order valence-electron chi connectivity index (χ3n) is 3.10. The zero-order chi connectivity index (χ0) is 14.3. The third kappa shape index (κ3) is 4.16. The van der Waals surface area contributed by atoms with E-state index >= 15 is 0 Å². The molecular weight excluding hydrogens is 242 g/mol. The van der Waals surface area contributed by atoms with E-state index in [0.717, 1.165) is 25.7 Å². The fourth-order valence-electron chi connectivity index (χ4n) is 1.89. The number of unbranched alkanes of at least 4 members (excludes halogenated alkanes) is 2. The molecule has 0 radical (unpaired) electrons. The van der Waals surface area contributed by atoms with Crippen LogP contribution in [-0.4, -0.2) is 34.1 Å². The Kier molecular flexibility index (Phi) is 6.19. The van der Waals surface area contributed by atoms with Crippen LogP contribution in [0.5, 0.6) is 11.5 Å². The Morgan fingerprint density at radius 2 is 1.68 bits per heavy atom. The van der Waals surface area contributed by atoms with Crippen molar-refractivity contribution >= 4 is 5.91 Å². The predicted molar refractivity (Wildman–Crippen MR) is 75.5 cm³/mol. The summed E-state index contributed by atoms with van der Waals surface area (Å²) in [6.45, 7) is 5.53. The van der Waals surface area contributed by atoms with Crippen molar-refractivity contribution in [3.05, 3.63) is 23.8 Å². The van der Waals surface area contributed by atoms with Crippen molar-refractivity contribution in [2.75, 3.05) is 13.1 Å². The van der Waals surface area contributed by atoms with Crippen LogP contribution in [0.25, 0.3) is 0 Å². The molecule has 0 heterocycles. The quantitative estimate of drug-likeness (QED) is 0.744. The van der Waals surface area contributed by atoms with Gasteiger partial charge in [-0.25, -0.2) is 0 Å². The number of amides is 1. The number of phenols is 2. The van der Waals surface area contributed by atoms with Crippen molar-refractivity contribution < 1.29 is 15.0 Å². The summed E-state index contributed by atoms with van der Waals surface area (Å²) in [5.41, 5.74) is 0.173. The van der Waals surface area contributed by atoms with Gasteiger partial charge in [-0.1, -0.05) is 32.8 Å². The highest BCUT2D eigenvalue weighted by molar-refractivity contribution is 5.97. The van der Waals surface area contributed by atoms with E-state index in [1.807, 2.05) is 0 Å². The fourth-order valence-corrected chi connectivity index (χ4v) is 1.89. The first-order chi connectivity index (χ1) is 9.11. The highest BCUT2D eigenvalue weighted by Crippen LogP contribution is 2.29. The molecule has 0 aliphatic rings. The molecule has 4 heteroatoms. The van der Waals surface area contributed by atoms with E-state index in [9.17, 15) is 15.0 Å². The third-order valence-corrected chi connectivity index (χ3v) is 3.10. The molecule has 2 N–H and O–H groups in total. The predicted octanol–water partition coefficient (Wildman–Crippen LogP) is 3.14. The van der Waals surface area contributed by atoms with Crippen molar-refractivity contribution in [3.63, 3.8) is 0 Å². The van der Waals surface area contributed by atoms with E-state index < -0.39 is 0 Å². The summed E-state index contributed by atoms with van der Waals surface area (Å²) in [7, 11) is 0. The van der Waals surface area contributed by atoms with Crippen molar-refractivity contribution in [1.29, 1.82) is 0 Å². The van der Waals surface area contributed by atoms with E-state index in [1.165, 1.54) is 6.07 Å². The Morgan fingerprint density at radius 1 is 1.11 bits per heavy atom. The highest BCUT2D eigenvalue weighted by Gasteiger charge is 2.19. The Bertz CT molecular complexity index is 410. The minimum Gasteiger partial charge on any atom is -0.504 e. The van der Waals surface area contributed by atoms with Gasteiger partial charge in [-0.05, 0) is 25.0 Å². The number of rotatable bonds is 7. The van der Waals surface area contributed by atoms with Gasteiger partial charge in [0, 0.05) is 13.1 Å². The average molecular weight is 265 g/mol. The molecule has 0 aliphatic heterocycles. The first-order valence-corrected chi connectivity index (χ1v) is 6.92. The van der Waals surface area contributed by atoms with E-state index in [1.54, 1.807) is 17.0 Å². The Morgan fingerprint density at radius 3 is 2.21 bits per heavy atom. The van der Waals surface area contributed by atoms with Crippen LogP contribution in [0.15, 0.2) is 18.2 Å². The lowest BCUT2D eigenvalue weighted by molar-refractivity contribution is 0.0747. The highest BCUT2D eigenvalue weighted by atomic mass is 16.3. The van der Waals surface area contributed by atoms with Crippen LogP contribution in [0.4, 0.5) is 0 Å². The smallest absolute Gasteiger partial charge is 0.257 e. The molecule has 0 fully saturated rings. The molecule has 0 atom stereocenters. The van der Waals surface area contributed by atoms with Crippen LogP contribution < -0.4 is 0 Å². The van der Waals surface area contributed by atoms with Crippen LogP contribution in [0, 0.1) is 0 Å². The largest absolute Gasteiger partial charge is 0.504 e. The maximum absolute atomic E-state index is 12.4. The van der Waals surface area contributed by atoms with Crippen LogP contribution in [0.3, 0.4) is 0 Å². The first kappa shape index (κ1) is 15.3. The lowest BCUT2D eigenvalue weighted by Crippen LogP contribution is -2.33. The summed E-state index contributed by atoms with van der Waals surface area (Å²) in [6.07, 6.45) is 3.91. The molecule has 106 valence electrons. The van der Waals surface area contributed by atoms with E-state index in [0.29, 0.717) is 13.1 Å². The second kappa shape index (κ2) is 7.67. The molecule has 0 saturated carbocycles. The Labute approximate surface area is 114 Å². The number of hydrogen-bond donors (Lipinski definition) is 2. The van der Waals surface area contributed by atoms with Gasteiger partial charge in [-0.2, -0.15) is 0 Å². The molecule has 0 unspecified atom stereocenters. The van der Waals surface area contributed by atoms with E-state index in [2.05, 4.69) is 13.8 Å². The summed E-state index contributed by atoms with van der Waals surface area (Å²) >= 11 is 0. The van der Waals surface area contributed by atoms with Crippen molar-refractivity contribution in [2.24, 2.45) is 0 Å². The topological polar surface area (TPSA) is 60.8 Å². The minimum absolute atomic E-state index is 0.173. The van der Waals surface area contributed by atoms with Crippen molar-refractivity contribution in [2.45, 2.75) is 39.5 Å². The molecule has 0 aromatic heterocycles. The first-order valence-electron chi connectivity index (χ1n) is 6.92. The zero-order valence-electron chi connectivity index (χ0n) is 11.7. The van der Waals surface area contributed by atoms with Gasteiger partial charge in [0.05, 0.1) is 5.56 Å². The number of nitrogens with zero attached hydrogens (tertiary/aromatic N) is 1. The summed E-state index contributed by atoms with van der Waals surface area (Å²) in [5.74, 6) is -0.794. The molecular formula is C15H23NO3. The molecule has 1 amide bonds. The van der Waals surface area contributed by atoms with Gasteiger partial charge in [-0.15, -0.1) is 0 Å². The molecule has 0 bridgehead atoms. The van der Waals surface area contributed by atoms with Gasteiger partial charge >= 0.3 is 0 Å². The standard InChI is InChI=1S/C15H23NO3/c1-3-5-10-16(11-6-4-2)15(19)12-8-7-9-13(17)14(12)18/h7-9,17-18H,3-6,10-11H2,1-2H3. The SMILES string of the molecule is CCCCN(CCCC)C(=O)c1cccc(O)c1O. The molecule has 0 spiro atoms. The molecule has 0 saturated heterocycles. The summed E-state index contributed by atoms with van der Waals surface area (Å²) in [4.78, 5) is 14.1. The Balaban J connectivity index is 2.87. The number of aromatic hydroxyl groups is 2. The van der Waals surface area contributed by atoms with Crippen LogP contribution in [-0.2, 0) is 0 Å². The number of benzene rings is 1. The van der Waals surface area contributed by atoms with E-state index in [-0.39, 0.29) is 23.0 Å². The minimum atomic E-state index is -0.328. The summed E-state index contributed by atoms with van der Waals surface area (Å²) in [6, 6.07) is 4.48. The lowest BCUT2D eigenvalue weighted by Gasteiger charge is -2.23. The monoisotopic (exact) mass is 265 g/mol. The maximum Gasteiger partial charge on any atom is 0.257 e. The number of carbonyl (C=O) groups excluding carboxylic acids is 1. The molecule has 1 aromatic carbocycles. The zero-order valence-corrected chi connectivity index (χ0v) is 11.7. The van der Waals surface area contributed by atoms with Gasteiger partial charge in [0.1, 0.15) is 0 Å². The van der Waals surface area contributed by atoms with Crippen LogP contribution in [0.1, 0.15) is 49.9 Å². The maximum atomic E-state index is 12.4. The summed E-state index contributed by atoms with van der Waals surface area (Å²) in [5, 5.41) is 19.2. The van der Waals surface area contributed by atoms with E-state index in [4.69, 9.17) is 0 Å². The number of phenolic OH excluding ortho intramolecular Hbond substituents is 2. The number of para-hydroxylation sites is 1. The molecule has 1 aromatic rings. The van der Waals surface area contributed by atoms with Crippen molar-refractivity contribution in [1.82, 2.24) is 4.90 Å². The second-order valence-corrected chi connectivity index (χ2v) is 4.67. The van der Waals surface area contributed by atoms with Gasteiger partial charge in [-0.3, -0.25) is 4.79 Å². The molecule has 0 aliphatic carbocycles. The van der Waals surface area contributed by atoms with Gasteiger partial charge < -0.3 is 15.1 Å². The van der Waals surface area contributed by atoms with Gasteiger partial charge in [0.15, 0.2) is 11.5 Å². The lowest BCUT2D eigenvalue weighted by atomic mass is 10.1. The molecule has 4 nitrogen and oxygen atoms in total. The van der Waals surface area contributed by atoms with Crippen molar-refractivity contribution in [3.8, 4) is 11.5 Å². The van der Waals surface area contributed by atoms with Crippen LogP contribution in [0.2, 0.25) is 0 Å². The average Bonchev–Trinajstić information content (AvgIpc) is 2.41. The number of carbonyl (C=O) groups is 1. The molecule has 1 rings (SSSR count). The Hall–Kier alpha value is -1.71. The van der Waals surface area contributed by atoms with Crippen LogP contribution >= 0.6 is 0 Å². The molecule has 19 heavy (non-hydrogen) atoms. The summed E-state index contributed by atoms with van der Waals surface area (Å²) < 4.78 is 0. The second-order valence-electron chi connectivity index (χ2n) is 4.67. The van der Waals surface area contributed by atoms with Gasteiger partial charge in [0.2, 0.25) is 0 Å². The normalized spacial score (nSPS) is 10.4. The van der Waals surface area contributed by atoms with Gasteiger partial charge in [0.25, 0.3) is 5.91 Å².